The quantitative estimate of drug-likeness (QED) is 0.374. The summed E-state index contributed by atoms with van der Waals surface area (Å²) in [5.41, 5.74) is 1.25. The predicted octanol–water partition coefficient (Wildman–Crippen LogP) is 4.81. The summed E-state index contributed by atoms with van der Waals surface area (Å²) in [7, 11) is 0. The van der Waals surface area contributed by atoms with Crippen LogP contribution in [-0.2, 0) is 9.59 Å². The number of carbonyl (C=O) groups is 2. The van der Waals surface area contributed by atoms with Gasteiger partial charge in [0.1, 0.15) is 5.54 Å². The maximum absolute atomic E-state index is 13.3. The number of amides is 2. The lowest BCUT2D eigenvalue weighted by Crippen LogP contribution is -2.47. The van der Waals surface area contributed by atoms with Crippen LogP contribution in [0.25, 0.3) is 0 Å². The third-order valence-electron chi connectivity index (χ3n) is 6.58. The lowest BCUT2D eigenvalue weighted by Gasteiger charge is -2.27. The van der Waals surface area contributed by atoms with Crippen LogP contribution in [0.3, 0.4) is 0 Å². The summed E-state index contributed by atoms with van der Waals surface area (Å²) in [5.74, 6) is -0.239. The number of hydrogen-bond donors (Lipinski definition) is 3. The standard InChI is InChI=1S/C28H38N4O2/c1-3-5-18-28(19-6-4-2)26(34)32(27(29)31-28)21-13-20-30-25(33)24(22-14-9-7-10-15-22)23-16-11-8-12-17-23/h7-12,14-17,24H,3-6,13,18-21H2,1-2H3,(H2,29,31)(H,30,33). The number of nitrogens with one attached hydrogen (secondary N) is 3. The van der Waals surface area contributed by atoms with Crippen molar-refractivity contribution in [2.45, 2.75) is 70.3 Å². The van der Waals surface area contributed by atoms with Crippen molar-refractivity contribution in [1.82, 2.24) is 15.5 Å². The van der Waals surface area contributed by atoms with Crippen molar-refractivity contribution in [1.29, 1.82) is 5.41 Å². The number of nitrogens with zero attached hydrogens (tertiary/aromatic N) is 1. The number of benzene rings is 2. The van der Waals surface area contributed by atoms with E-state index >= 15 is 0 Å². The molecule has 1 fully saturated rings. The summed E-state index contributed by atoms with van der Waals surface area (Å²) in [4.78, 5) is 28.0. The van der Waals surface area contributed by atoms with Crippen LogP contribution in [0.15, 0.2) is 60.7 Å². The van der Waals surface area contributed by atoms with Crippen molar-refractivity contribution in [2.24, 2.45) is 0 Å². The van der Waals surface area contributed by atoms with Gasteiger partial charge < -0.3 is 10.6 Å². The van der Waals surface area contributed by atoms with Crippen molar-refractivity contribution < 1.29 is 9.59 Å². The lowest BCUT2D eigenvalue weighted by molar-refractivity contribution is -0.131. The summed E-state index contributed by atoms with van der Waals surface area (Å²) in [6.45, 7) is 5.11. The van der Waals surface area contributed by atoms with Crippen LogP contribution in [0.2, 0.25) is 0 Å². The Balaban J connectivity index is 1.60. The zero-order chi connectivity index (χ0) is 24.4. The Morgan fingerprint density at radius 3 is 1.97 bits per heavy atom. The molecule has 6 heteroatoms. The summed E-state index contributed by atoms with van der Waals surface area (Å²) in [6.07, 6.45) is 6.06. The van der Waals surface area contributed by atoms with Gasteiger partial charge in [-0.3, -0.25) is 19.9 Å². The van der Waals surface area contributed by atoms with E-state index in [1.807, 2.05) is 60.7 Å². The average Bonchev–Trinajstić information content (AvgIpc) is 3.09. The highest BCUT2D eigenvalue weighted by molar-refractivity contribution is 6.07. The van der Waals surface area contributed by atoms with Crippen molar-refractivity contribution in [3.63, 3.8) is 0 Å². The number of carbonyl (C=O) groups excluding carboxylic acids is 2. The SMILES string of the molecule is CCCCC1(CCCC)NC(=N)N(CCCNC(=O)C(c2ccccc2)c2ccccc2)C1=O. The Morgan fingerprint density at radius 1 is 0.941 bits per heavy atom. The van der Waals surface area contributed by atoms with E-state index in [2.05, 4.69) is 24.5 Å². The van der Waals surface area contributed by atoms with Gasteiger partial charge in [-0.2, -0.15) is 0 Å². The molecule has 0 spiro atoms. The Morgan fingerprint density at radius 2 is 1.47 bits per heavy atom. The van der Waals surface area contributed by atoms with Gasteiger partial charge in [0.15, 0.2) is 5.96 Å². The molecule has 0 bridgehead atoms. The van der Waals surface area contributed by atoms with Crippen molar-refractivity contribution in [2.75, 3.05) is 13.1 Å². The van der Waals surface area contributed by atoms with Gasteiger partial charge in [-0.05, 0) is 30.4 Å². The fourth-order valence-corrected chi connectivity index (χ4v) is 4.68. The molecule has 1 saturated heterocycles. The van der Waals surface area contributed by atoms with E-state index in [1.54, 1.807) is 4.90 Å². The summed E-state index contributed by atoms with van der Waals surface area (Å²) >= 11 is 0. The summed E-state index contributed by atoms with van der Waals surface area (Å²) < 4.78 is 0. The van der Waals surface area contributed by atoms with E-state index in [4.69, 9.17) is 5.41 Å². The molecule has 0 atom stereocenters. The third kappa shape index (κ3) is 6.04. The molecule has 2 amide bonds. The molecule has 6 nitrogen and oxygen atoms in total. The van der Waals surface area contributed by atoms with Crippen LogP contribution in [0.4, 0.5) is 0 Å². The molecule has 3 rings (SSSR count). The van der Waals surface area contributed by atoms with Crippen molar-refractivity contribution in [3.8, 4) is 0 Å². The Kier molecular flexibility index (Phi) is 9.25. The maximum atomic E-state index is 13.3. The molecular formula is C28H38N4O2. The van der Waals surface area contributed by atoms with E-state index in [1.165, 1.54) is 0 Å². The Labute approximate surface area is 203 Å². The molecule has 0 saturated carbocycles. The van der Waals surface area contributed by atoms with E-state index in [0.29, 0.717) is 19.5 Å². The van der Waals surface area contributed by atoms with Gasteiger partial charge in [0.25, 0.3) is 5.91 Å². The van der Waals surface area contributed by atoms with E-state index in [-0.39, 0.29) is 23.7 Å². The zero-order valence-electron chi connectivity index (χ0n) is 20.5. The first kappa shape index (κ1) is 25.5. The lowest BCUT2D eigenvalue weighted by atomic mass is 9.87. The van der Waals surface area contributed by atoms with Gasteiger partial charge in [-0.1, -0.05) is 100 Å². The van der Waals surface area contributed by atoms with Crippen LogP contribution in [0, 0.1) is 5.41 Å². The monoisotopic (exact) mass is 462 g/mol. The highest BCUT2D eigenvalue weighted by atomic mass is 16.2. The smallest absolute Gasteiger partial charge is 0.255 e. The van der Waals surface area contributed by atoms with Crippen molar-refractivity contribution in [3.05, 3.63) is 71.8 Å². The van der Waals surface area contributed by atoms with Crippen LogP contribution in [0.5, 0.6) is 0 Å². The Bertz CT molecular complexity index is 898. The molecule has 3 N–H and O–H groups in total. The Hall–Kier alpha value is -3.15. The zero-order valence-corrected chi connectivity index (χ0v) is 20.5. The molecule has 0 radical (unpaired) electrons. The topological polar surface area (TPSA) is 85.3 Å². The maximum Gasteiger partial charge on any atom is 0.255 e. The average molecular weight is 463 g/mol. The molecule has 1 heterocycles. The van der Waals surface area contributed by atoms with Gasteiger partial charge in [0.2, 0.25) is 5.91 Å². The van der Waals surface area contributed by atoms with Gasteiger partial charge in [0, 0.05) is 13.1 Å². The molecule has 2 aromatic rings. The fraction of sp³-hybridized carbons (Fsp3) is 0.464. The van der Waals surface area contributed by atoms with Crippen LogP contribution in [0.1, 0.15) is 75.8 Å². The molecule has 2 aromatic carbocycles. The first-order valence-corrected chi connectivity index (χ1v) is 12.6. The van der Waals surface area contributed by atoms with Crippen LogP contribution in [-0.4, -0.2) is 41.3 Å². The number of unbranched alkanes of at least 4 members (excludes halogenated alkanes) is 2. The number of rotatable bonds is 13. The normalized spacial score (nSPS) is 15.0. The number of guanidine groups is 1. The first-order valence-electron chi connectivity index (χ1n) is 12.6. The molecular weight excluding hydrogens is 424 g/mol. The molecule has 1 aliphatic rings. The van der Waals surface area contributed by atoms with Gasteiger partial charge in [-0.15, -0.1) is 0 Å². The molecule has 182 valence electrons. The summed E-state index contributed by atoms with van der Waals surface area (Å²) in [6, 6.07) is 19.6. The van der Waals surface area contributed by atoms with E-state index < -0.39 is 5.54 Å². The fourth-order valence-electron chi connectivity index (χ4n) is 4.68. The van der Waals surface area contributed by atoms with E-state index in [9.17, 15) is 9.59 Å². The summed E-state index contributed by atoms with van der Waals surface area (Å²) in [5, 5.41) is 14.7. The van der Waals surface area contributed by atoms with Crippen molar-refractivity contribution >= 4 is 17.8 Å². The molecule has 1 aliphatic heterocycles. The number of hydrogen-bond acceptors (Lipinski definition) is 3. The van der Waals surface area contributed by atoms with Crippen LogP contribution < -0.4 is 10.6 Å². The van der Waals surface area contributed by atoms with Crippen LogP contribution >= 0.6 is 0 Å². The van der Waals surface area contributed by atoms with Gasteiger partial charge in [0.05, 0.1) is 5.92 Å². The highest BCUT2D eigenvalue weighted by Crippen LogP contribution is 2.29. The van der Waals surface area contributed by atoms with E-state index in [0.717, 1.165) is 49.7 Å². The third-order valence-corrected chi connectivity index (χ3v) is 6.58. The second kappa shape index (κ2) is 12.4. The molecule has 0 aliphatic carbocycles. The minimum absolute atomic E-state index is 0.0113. The molecule has 0 aromatic heterocycles. The molecule has 0 unspecified atom stereocenters. The van der Waals surface area contributed by atoms with Gasteiger partial charge >= 0.3 is 0 Å². The minimum Gasteiger partial charge on any atom is -0.355 e. The predicted molar refractivity (Wildman–Crippen MR) is 137 cm³/mol. The highest BCUT2D eigenvalue weighted by Gasteiger charge is 2.47. The van der Waals surface area contributed by atoms with Gasteiger partial charge in [-0.25, -0.2) is 0 Å². The second-order valence-corrected chi connectivity index (χ2v) is 9.12. The minimum atomic E-state index is -0.641. The second-order valence-electron chi connectivity index (χ2n) is 9.12. The molecule has 34 heavy (non-hydrogen) atoms. The largest absolute Gasteiger partial charge is 0.355 e. The first-order chi connectivity index (χ1) is 16.5.